The third kappa shape index (κ3) is 1.80. The maximum Gasteiger partial charge on any atom is 0.233 e. The van der Waals surface area contributed by atoms with E-state index < -0.39 is 0 Å². The van der Waals surface area contributed by atoms with Gasteiger partial charge in [0.1, 0.15) is 0 Å². The van der Waals surface area contributed by atoms with Crippen LogP contribution in [0.15, 0.2) is 6.07 Å². The first kappa shape index (κ1) is 13.1. The van der Waals surface area contributed by atoms with E-state index in [1.54, 1.807) is 4.90 Å². The van der Waals surface area contributed by atoms with E-state index in [0.717, 1.165) is 31.2 Å². The normalized spacial score (nSPS) is 22.6. The number of nitrogens with one attached hydrogen (secondary N) is 1. The average Bonchev–Trinajstić information content (AvgIpc) is 3.09. The number of carbonyl (C=O) groups excluding carboxylic acids is 1. The lowest BCUT2D eigenvalue weighted by Gasteiger charge is -2.33. The summed E-state index contributed by atoms with van der Waals surface area (Å²) < 4.78 is 19.9. The van der Waals surface area contributed by atoms with E-state index in [2.05, 4.69) is 5.32 Å². The molecule has 0 radical (unpaired) electrons. The number of halogens is 1. The summed E-state index contributed by atoms with van der Waals surface area (Å²) in [6, 6.07) is 1.93. The molecule has 1 N–H and O–H groups in total. The maximum atomic E-state index is 14.6. The SMILES string of the molecule is COc1c(N2CCCC3(CC3)C2=O)cc2c(c1F)CNC2. The van der Waals surface area contributed by atoms with E-state index in [9.17, 15) is 9.18 Å². The number of hydrogen-bond donors (Lipinski definition) is 1. The lowest BCUT2D eigenvalue weighted by molar-refractivity contribution is -0.125. The smallest absolute Gasteiger partial charge is 0.233 e. The van der Waals surface area contributed by atoms with Crippen LogP contribution in [0.25, 0.3) is 0 Å². The van der Waals surface area contributed by atoms with Gasteiger partial charge in [-0.25, -0.2) is 4.39 Å². The number of rotatable bonds is 2. The van der Waals surface area contributed by atoms with E-state index in [0.29, 0.717) is 30.9 Å². The summed E-state index contributed by atoms with van der Waals surface area (Å²) in [7, 11) is 1.47. The fourth-order valence-corrected chi connectivity index (χ4v) is 3.69. The largest absolute Gasteiger partial charge is 0.492 e. The number of ether oxygens (including phenoxy) is 1. The number of fused-ring (bicyclic) bond motifs is 1. The van der Waals surface area contributed by atoms with E-state index in [1.165, 1.54) is 7.11 Å². The van der Waals surface area contributed by atoms with Crippen molar-refractivity contribution in [1.29, 1.82) is 0 Å². The van der Waals surface area contributed by atoms with Crippen LogP contribution in [-0.2, 0) is 17.9 Å². The van der Waals surface area contributed by atoms with Crippen LogP contribution in [0.4, 0.5) is 10.1 Å². The van der Waals surface area contributed by atoms with Crippen LogP contribution in [0, 0.1) is 11.2 Å². The number of amides is 1. The van der Waals surface area contributed by atoms with Gasteiger partial charge in [0.2, 0.25) is 5.91 Å². The lowest BCUT2D eigenvalue weighted by Crippen LogP contribution is -2.42. The number of nitrogens with zero attached hydrogens (tertiary/aromatic N) is 1. The Kier molecular flexibility index (Phi) is 2.76. The number of methoxy groups -OCH3 is 1. The molecule has 1 amide bonds. The molecular weight excluding hydrogens is 271 g/mol. The minimum atomic E-state index is -0.321. The molecule has 0 unspecified atom stereocenters. The van der Waals surface area contributed by atoms with E-state index in [-0.39, 0.29) is 22.9 Å². The molecular formula is C16H19FN2O2. The number of hydrogen-bond acceptors (Lipinski definition) is 3. The first-order chi connectivity index (χ1) is 10.2. The summed E-state index contributed by atoms with van der Waals surface area (Å²) in [6.45, 7) is 1.83. The molecule has 2 aliphatic heterocycles. The van der Waals surface area contributed by atoms with Gasteiger partial charge in [-0.05, 0) is 37.3 Å². The Hall–Kier alpha value is -1.62. The quantitative estimate of drug-likeness (QED) is 0.909. The Morgan fingerprint density at radius 2 is 2.14 bits per heavy atom. The summed E-state index contributed by atoms with van der Waals surface area (Å²) in [5, 5.41) is 3.15. The van der Waals surface area contributed by atoms with Crippen molar-refractivity contribution in [3.63, 3.8) is 0 Å². The van der Waals surface area contributed by atoms with Gasteiger partial charge < -0.3 is 15.0 Å². The Morgan fingerprint density at radius 1 is 1.33 bits per heavy atom. The zero-order valence-corrected chi connectivity index (χ0v) is 12.2. The molecule has 1 saturated heterocycles. The van der Waals surface area contributed by atoms with Crippen LogP contribution in [0.3, 0.4) is 0 Å². The highest BCUT2D eigenvalue weighted by atomic mass is 19.1. The Bertz CT molecular complexity index is 625. The van der Waals surface area contributed by atoms with Crippen molar-refractivity contribution in [3.05, 3.63) is 23.0 Å². The number of anilines is 1. The second-order valence-electron chi connectivity index (χ2n) is 6.32. The molecule has 4 rings (SSSR count). The summed E-state index contributed by atoms with van der Waals surface area (Å²) >= 11 is 0. The van der Waals surface area contributed by atoms with E-state index in [4.69, 9.17) is 4.74 Å². The molecule has 5 heteroatoms. The molecule has 1 aliphatic carbocycles. The molecule has 1 saturated carbocycles. The Balaban J connectivity index is 1.81. The molecule has 2 fully saturated rings. The highest BCUT2D eigenvalue weighted by Crippen LogP contribution is 2.54. The van der Waals surface area contributed by atoms with Gasteiger partial charge in [-0.3, -0.25) is 4.79 Å². The number of carbonyl (C=O) groups is 1. The van der Waals surface area contributed by atoms with Crippen LogP contribution < -0.4 is 15.0 Å². The highest BCUT2D eigenvalue weighted by Gasteiger charge is 2.53. The fraction of sp³-hybridized carbons (Fsp3) is 0.562. The van der Waals surface area contributed by atoms with Crippen molar-refractivity contribution in [2.45, 2.75) is 38.8 Å². The van der Waals surface area contributed by atoms with Crippen molar-refractivity contribution in [3.8, 4) is 5.75 Å². The van der Waals surface area contributed by atoms with E-state index in [1.807, 2.05) is 6.07 Å². The third-order valence-electron chi connectivity index (χ3n) is 5.10. The maximum absolute atomic E-state index is 14.6. The molecule has 0 bridgehead atoms. The van der Waals surface area contributed by atoms with Crippen LogP contribution in [0.2, 0.25) is 0 Å². The predicted molar refractivity (Wildman–Crippen MR) is 76.7 cm³/mol. The van der Waals surface area contributed by atoms with Crippen LogP contribution in [-0.4, -0.2) is 19.6 Å². The van der Waals surface area contributed by atoms with Crippen LogP contribution in [0.1, 0.15) is 36.8 Å². The first-order valence-electron chi connectivity index (χ1n) is 7.57. The summed E-state index contributed by atoms with van der Waals surface area (Å²) in [4.78, 5) is 14.5. The lowest BCUT2D eigenvalue weighted by atomic mass is 9.93. The minimum Gasteiger partial charge on any atom is -0.492 e. The third-order valence-corrected chi connectivity index (χ3v) is 5.10. The molecule has 0 aromatic heterocycles. The standard InChI is InChI=1S/C16H19FN2O2/c1-21-14-12(7-10-8-18-9-11(10)13(14)17)19-6-2-3-16(4-5-16)15(19)20/h7,18H,2-6,8-9H2,1H3. The van der Waals surface area contributed by atoms with Crippen molar-refractivity contribution in [1.82, 2.24) is 5.32 Å². The molecule has 0 atom stereocenters. The van der Waals surface area contributed by atoms with Gasteiger partial charge in [0, 0.05) is 30.6 Å². The zero-order valence-electron chi connectivity index (χ0n) is 12.2. The van der Waals surface area contributed by atoms with Gasteiger partial charge in [-0.2, -0.15) is 0 Å². The van der Waals surface area contributed by atoms with Gasteiger partial charge in [0.05, 0.1) is 12.8 Å². The van der Waals surface area contributed by atoms with Gasteiger partial charge in [0.25, 0.3) is 0 Å². The van der Waals surface area contributed by atoms with Crippen molar-refractivity contribution >= 4 is 11.6 Å². The predicted octanol–water partition coefficient (Wildman–Crippen LogP) is 2.34. The second-order valence-corrected chi connectivity index (χ2v) is 6.32. The fourth-order valence-electron chi connectivity index (χ4n) is 3.69. The first-order valence-corrected chi connectivity index (χ1v) is 7.57. The topological polar surface area (TPSA) is 41.6 Å². The summed E-state index contributed by atoms with van der Waals surface area (Å²) in [5.41, 5.74) is 2.05. The zero-order chi connectivity index (χ0) is 14.6. The molecule has 3 aliphatic rings. The van der Waals surface area contributed by atoms with Crippen molar-refractivity contribution < 1.29 is 13.9 Å². The number of piperidine rings is 1. The Labute approximate surface area is 123 Å². The van der Waals surface area contributed by atoms with Crippen molar-refractivity contribution in [2.24, 2.45) is 5.41 Å². The molecule has 1 aromatic rings. The molecule has 2 heterocycles. The van der Waals surface area contributed by atoms with E-state index >= 15 is 0 Å². The molecule has 1 spiro atoms. The molecule has 21 heavy (non-hydrogen) atoms. The van der Waals surface area contributed by atoms with Gasteiger partial charge in [-0.15, -0.1) is 0 Å². The highest BCUT2D eigenvalue weighted by molar-refractivity contribution is 6.01. The second kappa shape index (κ2) is 4.44. The minimum absolute atomic E-state index is 0.150. The van der Waals surface area contributed by atoms with Gasteiger partial charge >= 0.3 is 0 Å². The monoisotopic (exact) mass is 290 g/mol. The Morgan fingerprint density at radius 3 is 2.86 bits per heavy atom. The summed E-state index contributed by atoms with van der Waals surface area (Å²) in [6.07, 6.45) is 3.89. The molecule has 112 valence electrons. The molecule has 4 nitrogen and oxygen atoms in total. The van der Waals surface area contributed by atoms with Gasteiger partial charge in [0.15, 0.2) is 11.6 Å². The van der Waals surface area contributed by atoms with Crippen LogP contribution >= 0.6 is 0 Å². The van der Waals surface area contributed by atoms with Gasteiger partial charge in [-0.1, -0.05) is 0 Å². The average molecular weight is 290 g/mol. The number of benzene rings is 1. The summed E-state index contributed by atoms with van der Waals surface area (Å²) in [5.74, 6) is 0.0408. The van der Waals surface area contributed by atoms with Crippen molar-refractivity contribution in [2.75, 3.05) is 18.6 Å². The molecule has 1 aromatic carbocycles. The van der Waals surface area contributed by atoms with Crippen LogP contribution in [0.5, 0.6) is 5.75 Å².